The number of aromatic nitrogens is 1. The van der Waals surface area contributed by atoms with E-state index in [1.807, 2.05) is 13.8 Å². The number of rotatable bonds is 5. The van der Waals surface area contributed by atoms with Gasteiger partial charge in [0.2, 0.25) is 0 Å². The van der Waals surface area contributed by atoms with Crippen molar-refractivity contribution in [2.24, 2.45) is 5.92 Å². The molecule has 2 aromatic carbocycles. The summed E-state index contributed by atoms with van der Waals surface area (Å²) in [6.45, 7) is 5.66. The maximum absolute atomic E-state index is 13.2. The van der Waals surface area contributed by atoms with Gasteiger partial charge >= 0.3 is 5.97 Å². The van der Waals surface area contributed by atoms with Crippen LogP contribution in [-0.2, 0) is 4.79 Å². The molecule has 0 fully saturated rings. The van der Waals surface area contributed by atoms with Crippen LogP contribution in [0.25, 0.3) is 10.9 Å². The fourth-order valence-corrected chi connectivity index (χ4v) is 3.89. The fourth-order valence-electron chi connectivity index (χ4n) is 3.70. The SMILES string of the molecule is Cc1c([C@H](CC(C)C)C(=O)O)c2cc(O)ccc2n1C(=O)c1cccc(Cl)c1. The molecule has 1 atom stereocenters. The number of carboxylic acids is 1. The van der Waals surface area contributed by atoms with Gasteiger partial charge in [-0.1, -0.05) is 31.5 Å². The second-order valence-corrected chi connectivity index (χ2v) is 7.81. The van der Waals surface area contributed by atoms with Gasteiger partial charge in [-0.15, -0.1) is 0 Å². The van der Waals surface area contributed by atoms with Crippen molar-refractivity contribution >= 4 is 34.4 Å². The average molecular weight is 400 g/mol. The molecule has 3 rings (SSSR count). The van der Waals surface area contributed by atoms with Gasteiger partial charge in [0, 0.05) is 21.7 Å². The fraction of sp³-hybridized carbons (Fsp3) is 0.273. The predicted octanol–water partition coefficient (Wildman–Crippen LogP) is 5.21. The summed E-state index contributed by atoms with van der Waals surface area (Å²) < 4.78 is 1.51. The van der Waals surface area contributed by atoms with E-state index in [4.69, 9.17) is 11.6 Å². The van der Waals surface area contributed by atoms with Gasteiger partial charge in [0.15, 0.2) is 0 Å². The summed E-state index contributed by atoms with van der Waals surface area (Å²) in [5, 5.41) is 20.9. The lowest BCUT2D eigenvalue weighted by atomic mass is 9.88. The molecule has 0 saturated heterocycles. The zero-order valence-electron chi connectivity index (χ0n) is 15.9. The molecular weight excluding hydrogens is 378 g/mol. The number of hydrogen-bond acceptors (Lipinski definition) is 3. The van der Waals surface area contributed by atoms with E-state index in [-0.39, 0.29) is 17.6 Å². The highest BCUT2D eigenvalue weighted by atomic mass is 35.5. The van der Waals surface area contributed by atoms with Gasteiger partial charge in [-0.05, 0) is 61.2 Å². The van der Waals surface area contributed by atoms with Crippen molar-refractivity contribution in [3.63, 3.8) is 0 Å². The van der Waals surface area contributed by atoms with Gasteiger partial charge in [0.05, 0.1) is 11.4 Å². The molecule has 28 heavy (non-hydrogen) atoms. The van der Waals surface area contributed by atoms with Crippen LogP contribution >= 0.6 is 11.6 Å². The van der Waals surface area contributed by atoms with E-state index >= 15 is 0 Å². The smallest absolute Gasteiger partial charge is 0.311 e. The first-order valence-electron chi connectivity index (χ1n) is 9.07. The number of phenols is 1. The lowest BCUT2D eigenvalue weighted by Gasteiger charge is -2.16. The summed E-state index contributed by atoms with van der Waals surface area (Å²) in [6, 6.07) is 11.3. The first-order chi connectivity index (χ1) is 13.2. The molecule has 0 radical (unpaired) electrons. The van der Waals surface area contributed by atoms with E-state index in [0.29, 0.717) is 39.2 Å². The zero-order valence-corrected chi connectivity index (χ0v) is 16.7. The maximum atomic E-state index is 13.2. The van der Waals surface area contributed by atoms with Crippen LogP contribution in [0, 0.1) is 12.8 Å². The van der Waals surface area contributed by atoms with Crippen LogP contribution in [0.1, 0.15) is 47.8 Å². The minimum atomic E-state index is -0.950. The van der Waals surface area contributed by atoms with Crippen molar-refractivity contribution in [3.8, 4) is 5.75 Å². The second kappa shape index (κ2) is 7.68. The first kappa shape index (κ1) is 20.0. The number of carboxylic acid groups (broad SMARTS) is 1. The molecule has 0 spiro atoms. The molecule has 1 aromatic heterocycles. The number of benzene rings is 2. The van der Waals surface area contributed by atoms with Crippen LogP contribution in [0.2, 0.25) is 5.02 Å². The van der Waals surface area contributed by atoms with Crippen molar-refractivity contribution in [3.05, 3.63) is 64.3 Å². The van der Waals surface area contributed by atoms with E-state index in [0.717, 1.165) is 0 Å². The van der Waals surface area contributed by atoms with Crippen LogP contribution in [-0.4, -0.2) is 26.7 Å². The molecule has 0 aliphatic carbocycles. The molecule has 5 nitrogen and oxygen atoms in total. The minimum Gasteiger partial charge on any atom is -0.508 e. The quantitative estimate of drug-likeness (QED) is 0.617. The van der Waals surface area contributed by atoms with Crippen LogP contribution < -0.4 is 0 Å². The number of nitrogens with zero attached hydrogens (tertiary/aromatic N) is 1. The first-order valence-corrected chi connectivity index (χ1v) is 9.45. The summed E-state index contributed by atoms with van der Waals surface area (Å²) in [7, 11) is 0. The summed E-state index contributed by atoms with van der Waals surface area (Å²) in [4.78, 5) is 25.3. The van der Waals surface area contributed by atoms with Crippen molar-refractivity contribution in [2.75, 3.05) is 0 Å². The van der Waals surface area contributed by atoms with Crippen LogP contribution in [0.5, 0.6) is 5.75 Å². The number of phenolic OH excluding ortho intramolecular Hbond substituents is 1. The van der Waals surface area contributed by atoms with E-state index in [9.17, 15) is 19.8 Å². The number of halogens is 1. The summed E-state index contributed by atoms with van der Waals surface area (Å²) in [5.74, 6) is -1.85. The second-order valence-electron chi connectivity index (χ2n) is 7.37. The van der Waals surface area contributed by atoms with Crippen LogP contribution in [0.3, 0.4) is 0 Å². The minimum absolute atomic E-state index is 0.0230. The number of fused-ring (bicyclic) bond motifs is 1. The Balaban J connectivity index is 2.29. The number of carbonyl (C=O) groups excluding carboxylic acids is 1. The summed E-state index contributed by atoms with van der Waals surface area (Å²) in [6.07, 6.45) is 0.427. The molecule has 0 saturated carbocycles. The van der Waals surface area contributed by atoms with Crippen LogP contribution in [0.15, 0.2) is 42.5 Å². The number of aromatic hydroxyl groups is 1. The summed E-state index contributed by atoms with van der Waals surface area (Å²) >= 11 is 6.04. The van der Waals surface area contributed by atoms with Gasteiger partial charge < -0.3 is 10.2 Å². The molecule has 6 heteroatoms. The third-order valence-electron chi connectivity index (χ3n) is 4.86. The van der Waals surface area contributed by atoms with Crippen LogP contribution in [0.4, 0.5) is 0 Å². The van der Waals surface area contributed by atoms with Gasteiger partial charge in [0.25, 0.3) is 5.91 Å². The molecule has 0 amide bonds. The van der Waals surface area contributed by atoms with Gasteiger partial charge in [-0.2, -0.15) is 0 Å². The Morgan fingerprint density at radius 3 is 2.46 bits per heavy atom. The van der Waals surface area contributed by atoms with E-state index in [1.54, 1.807) is 37.3 Å². The lowest BCUT2D eigenvalue weighted by Crippen LogP contribution is -2.17. The Bertz CT molecular complexity index is 1070. The molecule has 0 unspecified atom stereocenters. The highest BCUT2D eigenvalue weighted by Gasteiger charge is 2.30. The lowest BCUT2D eigenvalue weighted by molar-refractivity contribution is -0.139. The predicted molar refractivity (Wildman–Crippen MR) is 109 cm³/mol. The van der Waals surface area contributed by atoms with Gasteiger partial charge in [-0.25, -0.2) is 0 Å². The topological polar surface area (TPSA) is 79.5 Å². The Labute approximate surface area is 168 Å². The highest BCUT2D eigenvalue weighted by molar-refractivity contribution is 6.31. The standard InChI is InChI=1S/C22H22ClNO4/c1-12(2)9-18(22(27)28)20-13(3)24(19-8-7-16(25)11-17(19)20)21(26)14-5-4-6-15(23)10-14/h4-8,10-12,18,25H,9H2,1-3H3,(H,27,28)/t18-/m0/s1. The zero-order chi connectivity index (χ0) is 20.6. The van der Waals surface area contributed by atoms with Crippen molar-refractivity contribution < 1.29 is 19.8 Å². The molecule has 1 heterocycles. The van der Waals surface area contributed by atoms with Gasteiger partial charge in [-0.3, -0.25) is 14.2 Å². The van der Waals surface area contributed by atoms with E-state index in [2.05, 4.69) is 0 Å². The number of hydrogen-bond donors (Lipinski definition) is 2. The Morgan fingerprint density at radius 1 is 1.14 bits per heavy atom. The molecule has 3 aromatic rings. The molecule has 2 N–H and O–H groups in total. The molecule has 0 aliphatic rings. The van der Waals surface area contributed by atoms with E-state index in [1.165, 1.54) is 16.7 Å². The molecular formula is C22H22ClNO4. The van der Waals surface area contributed by atoms with Crippen molar-refractivity contribution in [2.45, 2.75) is 33.1 Å². The number of aliphatic carboxylic acids is 1. The van der Waals surface area contributed by atoms with Gasteiger partial charge in [0.1, 0.15) is 5.75 Å². The average Bonchev–Trinajstić information content (AvgIpc) is 2.89. The normalized spacial score (nSPS) is 12.5. The number of carbonyl (C=O) groups is 2. The molecule has 146 valence electrons. The van der Waals surface area contributed by atoms with E-state index < -0.39 is 11.9 Å². The highest BCUT2D eigenvalue weighted by Crippen LogP contribution is 2.37. The maximum Gasteiger partial charge on any atom is 0.311 e. The Kier molecular flexibility index (Phi) is 5.47. The molecule has 0 bridgehead atoms. The van der Waals surface area contributed by atoms with Crippen molar-refractivity contribution in [1.29, 1.82) is 0 Å². The Hall–Kier alpha value is -2.79. The van der Waals surface area contributed by atoms with Crippen molar-refractivity contribution in [1.82, 2.24) is 4.57 Å². The summed E-state index contributed by atoms with van der Waals surface area (Å²) in [5.41, 5.74) is 2.08. The largest absolute Gasteiger partial charge is 0.508 e. The third-order valence-corrected chi connectivity index (χ3v) is 5.10. The monoisotopic (exact) mass is 399 g/mol. The Morgan fingerprint density at radius 2 is 1.86 bits per heavy atom. The third kappa shape index (κ3) is 3.62. The molecule has 0 aliphatic heterocycles.